The molecule has 0 saturated carbocycles. The predicted octanol–water partition coefficient (Wildman–Crippen LogP) is 5.05. The van der Waals surface area contributed by atoms with Crippen molar-refractivity contribution >= 4 is 35.1 Å². The topological polar surface area (TPSA) is 88.5 Å². The highest BCUT2D eigenvalue weighted by Gasteiger charge is 2.34. The van der Waals surface area contributed by atoms with Crippen LogP contribution >= 0.6 is 23.2 Å². The molecule has 6 nitrogen and oxygen atoms in total. The summed E-state index contributed by atoms with van der Waals surface area (Å²) in [5.74, 6) is -4.11. The van der Waals surface area contributed by atoms with Crippen LogP contribution in [0.15, 0.2) is 59.8 Å². The molecular formula is C21H17Cl2FN2O4. The molecule has 9 heteroatoms. The number of aromatic nitrogens is 1. The summed E-state index contributed by atoms with van der Waals surface area (Å²) in [6, 6.07) is 6.93. The van der Waals surface area contributed by atoms with Crippen LogP contribution < -0.4 is 10.1 Å². The highest BCUT2D eigenvalue weighted by molar-refractivity contribution is 6.31. The standard InChI is InChI=1S/C21H17Cl2FN2O4/c1-12(13-4-6-14(7-5-13)20(28)29)26-18(27)17-9-16(23)11-25-19(17)30-21(24)8-2-3-15(22)10-21/h2-9,11-12H,10H2,1H3,(H,26,27)(H,28,29). The number of carboxylic acid groups (broad SMARTS) is 1. The molecule has 0 saturated heterocycles. The minimum Gasteiger partial charge on any atom is -0.478 e. The summed E-state index contributed by atoms with van der Waals surface area (Å²) in [5, 5.41) is 12.2. The quantitative estimate of drug-likeness (QED) is 0.642. The van der Waals surface area contributed by atoms with Gasteiger partial charge in [-0.3, -0.25) is 4.79 Å². The van der Waals surface area contributed by atoms with Crippen molar-refractivity contribution in [1.82, 2.24) is 10.3 Å². The number of carbonyl (C=O) groups is 2. The van der Waals surface area contributed by atoms with Crippen LogP contribution in [0.1, 0.15) is 45.7 Å². The number of carbonyl (C=O) groups excluding carboxylic acids is 1. The third-order valence-electron chi connectivity index (χ3n) is 4.37. The summed E-state index contributed by atoms with van der Waals surface area (Å²) < 4.78 is 20.4. The number of nitrogens with zero attached hydrogens (tertiary/aromatic N) is 1. The maximum absolute atomic E-state index is 15.0. The Morgan fingerprint density at radius 1 is 1.30 bits per heavy atom. The van der Waals surface area contributed by atoms with Crippen LogP contribution in [-0.4, -0.2) is 27.8 Å². The maximum Gasteiger partial charge on any atom is 0.335 e. The Bertz CT molecular complexity index is 1040. The first-order chi connectivity index (χ1) is 14.2. The second-order valence-electron chi connectivity index (χ2n) is 6.67. The Hall–Kier alpha value is -2.90. The lowest BCUT2D eigenvalue weighted by molar-refractivity contribution is -0.0181. The summed E-state index contributed by atoms with van der Waals surface area (Å²) in [6.45, 7) is 1.72. The zero-order valence-corrected chi connectivity index (χ0v) is 17.2. The molecule has 0 radical (unpaired) electrons. The minimum atomic E-state index is -2.25. The van der Waals surface area contributed by atoms with Gasteiger partial charge in [-0.15, -0.1) is 0 Å². The maximum atomic E-state index is 15.0. The van der Waals surface area contributed by atoms with Gasteiger partial charge in [-0.25, -0.2) is 9.78 Å². The van der Waals surface area contributed by atoms with E-state index in [0.717, 1.165) is 0 Å². The van der Waals surface area contributed by atoms with Crippen LogP contribution in [0.25, 0.3) is 0 Å². The van der Waals surface area contributed by atoms with Gasteiger partial charge < -0.3 is 15.2 Å². The molecule has 2 N–H and O–H groups in total. The number of benzene rings is 1. The lowest BCUT2D eigenvalue weighted by Gasteiger charge is -2.25. The van der Waals surface area contributed by atoms with Gasteiger partial charge in [0.05, 0.1) is 23.0 Å². The molecule has 3 rings (SSSR count). The number of rotatable bonds is 6. The van der Waals surface area contributed by atoms with Crippen molar-refractivity contribution in [2.45, 2.75) is 25.2 Å². The zero-order chi connectivity index (χ0) is 21.9. The first-order valence-corrected chi connectivity index (χ1v) is 9.64. The number of nitrogens with one attached hydrogen (secondary N) is 1. The number of hydrogen-bond donors (Lipinski definition) is 2. The average Bonchev–Trinajstić information content (AvgIpc) is 2.69. The van der Waals surface area contributed by atoms with Crippen molar-refractivity contribution in [3.8, 4) is 5.88 Å². The summed E-state index contributed by atoms with van der Waals surface area (Å²) in [5.41, 5.74) is 0.765. The van der Waals surface area contributed by atoms with E-state index >= 15 is 0 Å². The number of alkyl halides is 1. The van der Waals surface area contributed by atoms with E-state index in [1.54, 1.807) is 25.1 Å². The molecular weight excluding hydrogens is 434 g/mol. The summed E-state index contributed by atoms with van der Waals surface area (Å²) in [4.78, 5) is 27.8. The Balaban J connectivity index is 1.80. The molecule has 0 fully saturated rings. The van der Waals surface area contributed by atoms with Crippen LogP contribution in [0.5, 0.6) is 5.88 Å². The van der Waals surface area contributed by atoms with Gasteiger partial charge in [0.15, 0.2) is 0 Å². The molecule has 2 unspecified atom stereocenters. The van der Waals surface area contributed by atoms with E-state index in [-0.39, 0.29) is 33.5 Å². The normalized spacial score (nSPS) is 19.0. The molecule has 0 spiro atoms. The van der Waals surface area contributed by atoms with Crippen LogP contribution in [0.4, 0.5) is 4.39 Å². The van der Waals surface area contributed by atoms with Gasteiger partial charge in [0.1, 0.15) is 5.56 Å². The molecule has 2 aromatic rings. The average molecular weight is 451 g/mol. The van der Waals surface area contributed by atoms with Crippen LogP contribution in [-0.2, 0) is 0 Å². The van der Waals surface area contributed by atoms with Gasteiger partial charge in [0, 0.05) is 11.2 Å². The van der Waals surface area contributed by atoms with E-state index in [9.17, 15) is 14.0 Å². The van der Waals surface area contributed by atoms with Crippen molar-refractivity contribution in [3.63, 3.8) is 0 Å². The number of allylic oxidation sites excluding steroid dienone is 2. The number of pyridine rings is 1. The molecule has 1 aliphatic rings. The molecule has 2 atom stereocenters. The van der Waals surface area contributed by atoms with E-state index in [1.165, 1.54) is 36.5 Å². The molecule has 30 heavy (non-hydrogen) atoms. The van der Waals surface area contributed by atoms with Crippen molar-refractivity contribution in [2.24, 2.45) is 0 Å². The van der Waals surface area contributed by atoms with Crippen molar-refractivity contribution < 1.29 is 23.8 Å². The highest BCUT2D eigenvalue weighted by atomic mass is 35.5. The Morgan fingerprint density at radius 2 is 2.00 bits per heavy atom. The van der Waals surface area contributed by atoms with E-state index in [2.05, 4.69) is 10.3 Å². The van der Waals surface area contributed by atoms with Gasteiger partial charge in [-0.05, 0) is 42.8 Å². The van der Waals surface area contributed by atoms with Crippen molar-refractivity contribution in [3.05, 3.63) is 81.5 Å². The number of amides is 1. The number of ether oxygens (including phenoxy) is 1. The smallest absolute Gasteiger partial charge is 0.335 e. The SMILES string of the molecule is CC(NC(=O)c1cc(Cl)cnc1OC1(F)C=CC=C(Cl)C1)c1ccc(C(=O)O)cc1. The molecule has 1 aliphatic carbocycles. The molecule has 1 aromatic heterocycles. The molecule has 0 bridgehead atoms. The number of halogens is 3. The van der Waals surface area contributed by atoms with Crippen molar-refractivity contribution in [1.29, 1.82) is 0 Å². The largest absolute Gasteiger partial charge is 0.478 e. The third kappa shape index (κ3) is 5.17. The monoisotopic (exact) mass is 450 g/mol. The number of carboxylic acids is 1. The predicted molar refractivity (Wildman–Crippen MR) is 111 cm³/mol. The van der Waals surface area contributed by atoms with Gasteiger partial charge in [-0.2, -0.15) is 4.39 Å². The second-order valence-corrected chi connectivity index (χ2v) is 7.59. The van der Waals surface area contributed by atoms with E-state index < -0.39 is 23.8 Å². The second kappa shape index (κ2) is 8.85. The van der Waals surface area contributed by atoms with Gasteiger partial charge in [0.2, 0.25) is 5.88 Å². The van der Waals surface area contributed by atoms with Gasteiger partial charge >= 0.3 is 5.97 Å². The molecule has 1 amide bonds. The minimum absolute atomic E-state index is 0.0485. The Kier molecular flexibility index (Phi) is 6.43. The van der Waals surface area contributed by atoms with Crippen molar-refractivity contribution in [2.75, 3.05) is 0 Å². The lowest BCUT2D eigenvalue weighted by atomic mass is 10.1. The van der Waals surface area contributed by atoms with Gasteiger partial charge in [0.25, 0.3) is 11.8 Å². The Morgan fingerprint density at radius 3 is 2.63 bits per heavy atom. The van der Waals surface area contributed by atoms with E-state index in [4.69, 9.17) is 33.0 Å². The van der Waals surface area contributed by atoms with Crippen LogP contribution in [0.2, 0.25) is 5.02 Å². The fourth-order valence-electron chi connectivity index (χ4n) is 2.82. The van der Waals surface area contributed by atoms with Gasteiger partial charge in [-0.1, -0.05) is 41.4 Å². The first-order valence-electron chi connectivity index (χ1n) is 8.88. The lowest BCUT2D eigenvalue weighted by Crippen LogP contribution is -2.32. The molecule has 1 aromatic carbocycles. The molecule has 0 aliphatic heterocycles. The summed E-state index contributed by atoms with van der Waals surface area (Å²) >= 11 is 11.9. The fraction of sp³-hybridized carbons (Fsp3) is 0.190. The van der Waals surface area contributed by atoms with Crippen LogP contribution in [0.3, 0.4) is 0 Å². The molecule has 156 valence electrons. The van der Waals surface area contributed by atoms with E-state index in [1.807, 2.05) is 0 Å². The first kappa shape index (κ1) is 21.8. The van der Waals surface area contributed by atoms with E-state index in [0.29, 0.717) is 5.56 Å². The number of hydrogen-bond acceptors (Lipinski definition) is 4. The third-order valence-corrected chi connectivity index (χ3v) is 4.83. The summed E-state index contributed by atoms with van der Waals surface area (Å²) in [6.07, 6.45) is 5.18. The molecule has 1 heterocycles. The summed E-state index contributed by atoms with van der Waals surface area (Å²) in [7, 11) is 0. The highest BCUT2D eigenvalue weighted by Crippen LogP contribution is 2.33. The Labute approximate surface area is 182 Å². The fourth-order valence-corrected chi connectivity index (χ4v) is 3.23. The number of aromatic carboxylic acids is 1. The zero-order valence-electron chi connectivity index (χ0n) is 15.7. The van der Waals surface area contributed by atoms with Crippen LogP contribution in [0, 0.1) is 0 Å².